The molecule has 2 aliphatic carbocycles. The van der Waals surface area contributed by atoms with Crippen LogP contribution in [0.25, 0.3) is 6.08 Å². The molecule has 2 heterocycles. The first-order chi connectivity index (χ1) is 19.5. The van der Waals surface area contributed by atoms with Crippen LogP contribution in [0.4, 0.5) is 17.8 Å². The lowest BCUT2D eigenvalue weighted by Gasteiger charge is -2.39. The number of fused-ring (bicyclic) bond motifs is 1. The number of ether oxygens (including phenoxy) is 1. The van der Waals surface area contributed by atoms with Gasteiger partial charge in [0.2, 0.25) is 27.9 Å². The number of rotatable bonds is 9. The molecule has 41 heavy (non-hydrogen) atoms. The van der Waals surface area contributed by atoms with Gasteiger partial charge in [-0.2, -0.15) is 15.0 Å². The van der Waals surface area contributed by atoms with Crippen molar-refractivity contribution in [2.45, 2.75) is 89.2 Å². The number of hydrogen-bond acceptors (Lipinski definition) is 9. The average molecular weight is 584 g/mol. The van der Waals surface area contributed by atoms with Crippen molar-refractivity contribution in [1.29, 1.82) is 0 Å². The summed E-state index contributed by atoms with van der Waals surface area (Å²) in [5, 5.41) is 12.7. The zero-order chi connectivity index (χ0) is 29.2. The summed E-state index contributed by atoms with van der Waals surface area (Å²) in [6, 6.07) is 7.96. The Hall–Kier alpha value is -2.76. The van der Waals surface area contributed by atoms with Gasteiger partial charge in [0.1, 0.15) is 4.75 Å². The predicted octanol–water partition coefficient (Wildman–Crippen LogP) is 4.51. The molecule has 2 fully saturated rings. The largest absolute Gasteiger partial charge is 0.372 e. The Labute approximate surface area is 244 Å². The molecule has 1 saturated heterocycles. The van der Waals surface area contributed by atoms with Crippen LogP contribution < -0.4 is 20.7 Å². The van der Waals surface area contributed by atoms with Crippen molar-refractivity contribution in [2.24, 2.45) is 17.0 Å². The van der Waals surface area contributed by atoms with Gasteiger partial charge in [-0.1, -0.05) is 49.3 Å². The van der Waals surface area contributed by atoms with Gasteiger partial charge in [0.25, 0.3) is 0 Å². The van der Waals surface area contributed by atoms with Crippen molar-refractivity contribution in [2.75, 3.05) is 35.2 Å². The molecule has 1 aliphatic heterocycles. The van der Waals surface area contributed by atoms with Crippen molar-refractivity contribution >= 4 is 33.9 Å². The van der Waals surface area contributed by atoms with E-state index < -0.39 is 14.8 Å². The number of aromatic nitrogens is 3. The number of sulfonamides is 1. The topological polar surface area (TPSA) is 135 Å². The van der Waals surface area contributed by atoms with Crippen LogP contribution in [-0.2, 0) is 19.5 Å². The highest BCUT2D eigenvalue weighted by molar-refractivity contribution is 7.90. The molecule has 10 nitrogen and oxygen atoms in total. The van der Waals surface area contributed by atoms with E-state index in [1.54, 1.807) is 0 Å². The van der Waals surface area contributed by atoms with E-state index >= 15 is 0 Å². The number of nitrogens with zero attached hydrogens (tertiary/aromatic N) is 4. The summed E-state index contributed by atoms with van der Waals surface area (Å²) < 4.78 is 30.9. The van der Waals surface area contributed by atoms with Crippen molar-refractivity contribution in [3.63, 3.8) is 0 Å². The first-order valence-electron chi connectivity index (χ1n) is 15.0. The molecular weight excluding hydrogens is 538 g/mol. The fraction of sp³-hybridized carbons (Fsp3) is 0.633. The Morgan fingerprint density at radius 1 is 1.02 bits per heavy atom. The van der Waals surface area contributed by atoms with Gasteiger partial charge in [-0.25, -0.2) is 13.6 Å². The van der Waals surface area contributed by atoms with Gasteiger partial charge >= 0.3 is 0 Å². The standard InChI is InChI=1S/C30H45N7O3S/c1-20(2)33-28-34-27(35-29(36-28)37-18-21(3)40-22(4)19-37)32-17-24-13-11-23(12-14-24)16-30(41(31,38)39)15-7-9-25-8-5-6-10-26(25)30/h5-10,20-24H,11-19H2,1-4H3,(H2,31,38,39)(H2,32,33,34,35,36)/t21-,22+,23?,24?,30?. The van der Waals surface area contributed by atoms with Gasteiger partial charge < -0.3 is 20.3 Å². The molecule has 224 valence electrons. The number of benzene rings is 1. The number of hydrogen-bond donors (Lipinski definition) is 3. The molecule has 0 radical (unpaired) electrons. The maximum Gasteiger partial charge on any atom is 0.232 e. The minimum Gasteiger partial charge on any atom is -0.372 e. The molecule has 1 saturated carbocycles. The van der Waals surface area contributed by atoms with E-state index in [4.69, 9.17) is 19.8 Å². The van der Waals surface area contributed by atoms with Crippen LogP contribution in [0.5, 0.6) is 0 Å². The molecule has 2 aromatic rings. The highest BCUT2D eigenvalue weighted by Gasteiger charge is 2.46. The summed E-state index contributed by atoms with van der Waals surface area (Å²) in [5.41, 5.74) is 1.80. The summed E-state index contributed by atoms with van der Waals surface area (Å²) in [7, 11) is -3.80. The molecule has 1 unspecified atom stereocenters. The normalized spacial score (nSPS) is 28.4. The molecule has 0 amide bonds. The van der Waals surface area contributed by atoms with Gasteiger partial charge in [-0.05, 0) is 76.3 Å². The molecule has 4 N–H and O–H groups in total. The van der Waals surface area contributed by atoms with E-state index in [1.165, 1.54) is 0 Å². The fourth-order valence-corrected chi connectivity index (χ4v) is 8.00. The number of anilines is 3. The highest BCUT2D eigenvalue weighted by atomic mass is 32.2. The third-order valence-electron chi connectivity index (χ3n) is 8.62. The van der Waals surface area contributed by atoms with Crippen LogP contribution in [0.15, 0.2) is 30.3 Å². The molecular formula is C30H45N7O3S. The van der Waals surface area contributed by atoms with Crippen molar-refractivity contribution in [1.82, 2.24) is 15.0 Å². The van der Waals surface area contributed by atoms with Crippen LogP contribution in [0.2, 0.25) is 0 Å². The van der Waals surface area contributed by atoms with Gasteiger partial charge in [0.15, 0.2) is 0 Å². The quantitative estimate of drug-likeness (QED) is 0.389. The van der Waals surface area contributed by atoms with Crippen LogP contribution in [0.1, 0.15) is 77.3 Å². The fourth-order valence-electron chi connectivity index (χ4n) is 6.71. The SMILES string of the molecule is CC(C)Nc1nc(NCC2CCC(CC3(S(N)(=O)=O)CC=Cc4ccccc43)CC2)nc(N2C[C@@H](C)O[C@@H](C)C2)n1. The summed E-state index contributed by atoms with van der Waals surface area (Å²) in [4.78, 5) is 16.3. The highest BCUT2D eigenvalue weighted by Crippen LogP contribution is 2.46. The van der Waals surface area contributed by atoms with Gasteiger partial charge in [-0.15, -0.1) is 0 Å². The van der Waals surface area contributed by atoms with E-state index in [0.29, 0.717) is 42.5 Å². The zero-order valence-corrected chi connectivity index (χ0v) is 25.5. The summed E-state index contributed by atoms with van der Waals surface area (Å²) in [6.45, 7) is 10.5. The second-order valence-corrected chi connectivity index (χ2v) is 14.3. The monoisotopic (exact) mass is 583 g/mol. The average Bonchev–Trinajstić information content (AvgIpc) is 2.91. The van der Waals surface area contributed by atoms with Crippen molar-refractivity contribution in [3.05, 3.63) is 41.5 Å². The number of allylic oxidation sites excluding steroid dienone is 1. The Balaban J connectivity index is 1.23. The Bertz CT molecular complexity index is 1330. The lowest BCUT2D eigenvalue weighted by Crippen LogP contribution is -2.46. The van der Waals surface area contributed by atoms with Gasteiger partial charge in [0.05, 0.1) is 12.2 Å². The second kappa shape index (κ2) is 12.2. The maximum atomic E-state index is 13.0. The predicted molar refractivity (Wildman–Crippen MR) is 164 cm³/mol. The lowest BCUT2D eigenvalue weighted by atomic mass is 9.74. The molecule has 0 spiro atoms. The number of nitrogens with one attached hydrogen (secondary N) is 2. The van der Waals surface area contributed by atoms with Crippen LogP contribution in [-0.4, -0.2) is 61.3 Å². The number of nitrogens with two attached hydrogens (primary N) is 1. The van der Waals surface area contributed by atoms with E-state index in [1.807, 2.05) is 36.4 Å². The summed E-state index contributed by atoms with van der Waals surface area (Å²) in [6.07, 6.45) is 9.16. The Kier molecular flexibility index (Phi) is 8.87. The minimum absolute atomic E-state index is 0.107. The van der Waals surface area contributed by atoms with Crippen LogP contribution in [0.3, 0.4) is 0 Å². The van der Waals surface area contributed by atoms with E-state index in [-0.39, 0.29) is 18.2 Å². The minimum atomic E-state index is -3.80. The van der Waals surface area contributed by atoms with E-state index in [9.17, 15) is 8.42 Å². The van der Waals surface area contributed by atoms with Crippen LogP contribution >= 0.6 is 0 Å². The van der Waals surface area contributed by atoms with Crippen molar-refractivity contribution < 1.29 is 13.2 Å². The molecule has 1 aromatic carbocycles. The van der Waals surface area contributed by atoms with Crippen LogP contribution in [0, 0.1) is 11.8 Å². The number of morpholine rings is 1. The summed E-state index contributed by atoms with van der Waals surface area (Å²) >= 11 is 0. The molecule has 1 aromatic heterocycles. The molecule has 3 atom stereocenters. The van der Waals surface area contributed by atoms with Gasteiger partial charge in [-0.3, -0.25) is 0 Å². The third-order valence-corrected chi connectivity index (χ3v) is 10.3. The first-order valence-corrected chi connectivity index (χ1v) is 16.5. The first kappa shape index (κ1) is 29.7. The zero-order valence-electron chi connectivity index (χ0n) is 24.7. The van der Waals surface area contributed by atoms with E-state index in [0.717, 1.165) is 56.4 Å². The molecule has 3 aliphatic rings. The lowest BCUT2D eigenvalue weighted by molar-refractivity contribution is -0.00572. The smallest absolute Gasteiger partial charge is 0.232 e. The molecule has 11 heteroatoms. The second-order valence-electron chi connectivity index (χ2n) is 12.4. The van der Waals surface area contributed by atoms with Gasteiger partial charge in [0, 0.05) is 25.7 Å². The third kappa shape index (κ3) is 6.84. The molecule has 0 bridgehead atoms. The summed E-state index contributed by atoms with van der Waals surface area (Å²) in [5.74, 6) is 2.57. The number of primary sulfonamides is 1. The van der Waals surface area contributed by atoms with Crippen molar-refractivity contribution in [3.8, 4) is 0 Å². The molecule has 5 rings (SSSR count). The Morgan fingerprint density at radius 2 is 1.68 bits per heavy atom. The maximum absolute atomic E-state index is 13.0. The Morgan fingerprint density at radius 3 is 2.37 bits per heavy atom. The van der Waals surface area contributed by atoms with E-state index in [2.05, 4.69) is 48.2 Å².